The summed E-state index contributed by atoms with van der Waals surface area (Å²) in [6.07, 6.45) is 1.78. The van der Waals surface area contributed by atoms with E-state index < -0.39 is 11.4 Å². The van der Waals surface area contributed by atoms with E-state index in [0.717, 1.165) is 19.4 Å². The van der Waals surface area contributed by atoms with Gasteiger partial charge in [-0.25, -0.2) is 0 Å². The molecular formula is C12H22N2O3. The Morgan fingerprint density at radius 3 is 2.53 bits per heavy atom. The topological polar surface area (TPSA) is 69.6 Å². The summed E-state index contributed by atoms with van der Waals surface area (Å²) in [7, 11) is 0. The van der Waals surface area contributed by atoms with E-state index in [4.69, 9.17) is 5.11 Å². The Kier molecular flexibility index (Phi) is 4.51. The first kappa shape index (κ1) is 14.0. The molecule has 0 spiro atoms. The molecule has 0 aromatic rings. The minimum atomic E-state index is -0.959. The van der Waals surface area contributed by atoms with Crippen molar-refractivity contribution in [1.82, 2.24) is 10.2 Å². The molecule has 17 heavy (non-hydrogen) atoms. The summed E-state index contributed by atoms with van der Waals surface area (Å²) in [4.78, 5) is 24.7. The maximum atomic E-state index is 12.4. The molecule has 0 aromatic carbocycles. The highest BCUT2D eigenvalue weighted by molar-refractivity contribution is 5.86. The van der Waals surface area contributed by atoms with Gasteiger partial charge in [-0.3, -0.25) is 9.59 Å². The zero-order chi connectivity index (χ0) is 13.1. The lowest BCUT2D eigenvalue weighted by atomic mass is 9.81. The number of carboxylic acid groups (broad SMARTS) is 1. The molecule has 0 radical (unpaired) electrons. The Hall–Kier alpha value is -1.10. The van der Waals surface area contributed by atoms with Gasteiger partial charge < -0.3 is 15.3 Å². The lowest BCUT2D eigenvalue weighted by Gasteiger charge is -2.38. The highest BCUT2D eigenvalue weighted by Gasteiger charge is 2.39. The second kappa shape index (κ2) is 5.49. The van der Waals surface area contributed by atoms with Crippen LogP contribution >= 0.6 is 0 Å². The predicted octanol–water partition coefficient (Wildman–Crippen LogP) is 0.698. The van der Waals surface area contributed by atoms with Crippen molar-refractivity contribution in [2.45, 2.75) is 39.7 Å². The summed E-state index contributed by atoms with van der Waals surface area (Å²) in [6, 6.07) is -0.0858. The second-order valence-corrected chi connectivity index (χ2v) is 5.26. The fourth-order valence-corrected chi connectivity index (χ4v) is 2.22. The van der Waals surface area contributed by atoms with Crippen molar-refractivity contribution in [1.29, 1.82) is 0 Å². The first-order valence-corrected chi connectivity index (χ1v) is 6.10. The molecule has 0 saturated carbocycles. The quantitative estimate of drug-likeness (QED) is 0.761. The van der Waals surface area contributed by atoms with Crippen LogP contribution in [0, 0.1) is 5.41 Å². The maximum Gasteiger partial charge on any atom is 0.323 e. The van der Waals surface area contributed by atoms with E-state index in [1.54, 1.807) is 0 Å². The normalized spacial score (nSPS) is 24.7. The van der Waals surface area contributed by atoms with Crippen LogP contribution in [0.15, 0.2) is 0 Å². The molecule has 1 amide bonds. The summed E-state index contributed by atoms with van der Waals surface area (Å²) in [6.45, 7) is 6.96. The van der Waals surface area contributed by atoms with Crippen LogP contribution in [-0.2, 0) is 9.59 Å². The van der Waals surface area contributed by atoms with Crippen LogP contribution in [0.2, 0.25) is 0 Å². The zero-order valence-corrected chi connectivity index (χ0v) is 10.8. The number of carbonyl (C=O) groups is 2. The monoisotopic (exact) mass is 242 g/mol. The molecule has 1 atom stereocenters. The number of carbonyl (C=O) groups excluding carboxylic acids is 1. The molecule has 5 nitrogen and oxygen atoms in total. The van der Waals surface area contributed by atoms with E-state index >= 15 is 0 Å². The van der Waals surface area contributed by atoms with Gasteiger partial charge in [-0.05, 0) is 40.2 Å². The zero-order valence-electron chi connectivity index (χ0n) is 10.8. The van der Waals surface area contributed by atoms with Gasteiger partial charge in [0, 0.05) is 12.6 Å². The number of aliphatic carboxylic acids is 1. The molecule has 1 aliphatic heterocycles. The molecular weight excluding hydrogens is 220 g/mol. The van der Waals surface area contributed by atoms with Gasteiger partial charge in [0.1, 0.15) is 6.54 Å². The number of rotatable bonds is 4. The number of amides is 1. The van der Waals surface area contributed by atoms with Gasteiger partial charge in [0.15, 0.2) is 0 Å². The molecule has 2 N–H and O–H groups in total. The van der Waals surface area contributed by atoms with E-state index in [1.807, 2.05) is 20.8 Å². The van der Waals surface area contributed by atoms with Crippen molar-refractivity contribution in [3.63, 3.8) is 0 Å². The van der Waals surface area contributed by atoms with E-state index in [-0.39, 0.29) is 18.5 Å². The molecule has 98 valence electrons. The standard InChI is InChI=1S/C12H22N2O3/c1-9(2)14(7-10(15)16)11(17)12(3)5-4-6-13-8-12/h9,13H,4-8H2,1-3H3,(H,15,16). The third-order valence-corrected chi connectivity index (χ3v) is 3.30. The summed E-state index contributed by atoms with van der Waals surface area (Å²) >= 11 is 0. The van der Waals surface area contributed by atoms with Crippen molar-refractivity contribution >= 4 is 11.9 Å². The van der Waals surface area contributed by atoms with Crippen LogP contribution in [0.1, 0.15) is 33.6 Å². The number of nitrogens with one attached hydrogen (secondary N) is 1. The molecule has 0 bridgehead atoms. The molecule has 1 aliphatic rings. The SMILES string of the molecule is CC(C)N(CC(=O)O)C(=O)C1(C)CCCNC1. The molecule has 1 unspecified atom stereocenters. The van der Waals surface area contributed by atoms with Crippen LogP contribution < -0.4 is 5.32 Å². The van der Waals surface area contributed by atoms with Gasteiger partial charge in [0.25, 0.3) is 0 Å². The maximum absolute atomic E-state index is 12.4. The van der Waals surface area contributed by atoms with Crippen LogP contribution in [-0.4, -0.2) is 47.6 Å². The highest BCUT2D eigenvalue weighted by Crippen LogP contribution is 2.28. The lowest BCUT2D eigenvalue weighted by Crippen LogP contribution is -2.53. The van der Waals surface area contributed by atoms with Crippen molar-refractivity contribution in [2.75, 3.05) is 19.6 Å². The van der Waals surface area contributed by atoms with Crippen molar-refractivity contribution < 1.29 is 14.7 Å². The van der Waals surface area contributed by atoms with Crippen LogP contribution in [0.3, 0.4) is 0 Å². The lowest BCUT2D eigenvalue weighted by molar-refractivity contribution is -0.151. The number of hydrogen-bond donors (Lipinski definition) is 2. The van der Waals surface area contributed by atoms with Crippen LogP contribution in [0.25, 0.3) is 0 Å². The average Bonchev–Trinajstić information content (AvgIpc) is 2.25. The Bertz CT molecular complexity index is 296. The molecule has 1 heterocycles. The largest absolute Gasteiger partial charge is 0.480 e. The third-order valence-electron chi connectivity index (χ3n) is 3.30. The first-order valence-electron chi connectivity index (χ1n) is 6.10. The van der Waals surface area contributed by atoms with Gasteiger partial charge in [0.2, 0.25) is 5.91 Å². The van der Waals surface area contributed by atoms with Gasteiger partial charge in [-0.2, -0.15) is 0 Å². The van der Waals surface area contributed by atoms with Gasteiger partial charge >= 0.3 is 5.97 Å². The van der Waals surface area contributed by atoms with Crippen LogP contribution in [0.5, 0.6) is 0 Å². The highest BCUT2D eigenvalue weighted by atomic mass is 16.4. The first-order chi connectivity index (χ1) is 7.87. The van der Waals surface area contributed by atoms with E-state index in [0.29, 0.717) is 6.54 Å². The molecule has 1 saturated heterocycles. The smallest absolute Gasteiger partial charge is 0.323 e. The minimum Gasteiger partial charge on any atom is -0.480 e. The second-order valence-electron chi connectivity index (χ2n) is 5.26. The van der Waals surface area contributed by atoms with Gasteiger partial charge in [-0.1, -0.05) is 0 Å². The Morgan fingerprint density at radius 1 is 1.47 bits per heavy atom. The molecule has 0 aliphatic carbocycles. The number of piperidine rings is 1. The Morgan fingerprint density at radius 2 is 2.12 bits per heavy atom. The minimum absolute atomic E-state index is 0.0536. The molecule has 1 fully saturated rings. The van der Waals surface area contributed by atoms with Crippen molar-refractivity contribution in [3.8, 4) is 0 Å². The number of carboxylic acids is 1. The van der Waals surface area contributed by atoms with Crippen molar-refractivity contribution in [2.24, 2.45) is 5.41 Å². The van der Waals surface area contributed by atoms with Gasteiger partial charge in [0.05, 0.1) is 5.41 Å². The fraction of sp³-hybridized carbons (Fsp3) is 0.833. The van der Waals surface area contributed by atoms with Gasteiger partial charge in [-0.15, -0.1) is 0 Å². The third kappa shape index (κ3) is 3.43. The Labute approximate surface area is 102 Å². The Balaban J connectivity index is 2.79. The molecule has 5 heteroatoms. The summed E-state index contributed by atoms with van der Waals surface area (Å²) in [5.41, 5.74) is -0.460. The average molecular weight is 242 g/mol. The van der Waals surface area contributed by atoms with E-state index in [1.165, 1.54) is 4.90 Å². The van der Waals surface area contributed by atoms with Crippen molar-refractivity contribution in [3.05, 3.63) is 0 Å². The number of hydrogen-bond acceptors (Lipinski definition) is 3. The fourth-order valence-electron chi connectivity index (χ4n) is 2.22. The predicted molar refractivity (Wildman–Crippen MR) is 64.7 cm³/mol. The summed E-state index contributed by atoms with van der Waals surface area (Å²) in [5.74, 6) is -1.01. The summed E-state index contributed by atoms with van der Waals surface area (Å²) < 4.78 is 0. The summed E-state index contributed by atoms with van der Waals surface area (Å²) in [5, 5.41) is 12.1. The molecule has 1 rings (SSSR count). The van der Waals surface area contributed by atoms with Crippen LogP contribution in [0.4, 0.5) is 0 Å². The van der Waals surface area contributed by atoms with E-state index in [2.05, 4.69) is 5.32 Å². The van der Waals surface area contributed by atoms with E-state index in [9.17, 15) is 9.59 Å². The number of nitrogens with zero attached hydrogens (tertiary/aromatic N) is 1. The molecule has 0 aromatic heterocycles.